The third-order valence-electron chi connectivity index (χ3n) is 2.91. The van der Waals surface area contributed by atoms with Crippen molar-refractivity contribution in [2.24, 2.45) is 0 Å². The minimum atomic E-state index is 0.0643. The van der Waals surface area contributed by atoms with Gasteiger partial charge in [0.1, 0.15) is 5.75 Å². The normalized spacial score (nSPS) is 10.5. The number of hydrogen-bond acceptors (Lipinski definition) is 2. The van der Waals surface area contributed by atoms with Crippen molar-refractivity contribution >= 4 is 22.6 Å². The summed E-state index contributed by atoms with van der Waals surface area (Å²) in [6.07, 6.45) is 0. The lowest BCUT2D eigenvalue weighted by Gasteiger charge is -2.12. The molecule has 2 rings (SSSR count). The summed E-state index contributed by atoms with van der Waals surface area (Å²) in [5.41, 5.74) is 2.03. The minimum absolute atomic E-state index is 0.0643. The van der Waals surface area contributed by atoms with Crippen LogP contribution in [0.3, 0.4) is 0 Å². The Labute approximate surface area is 126 Å². The SMILES string of the molecule is CCOc1ccc(-c2ccc(I)c(=O)n2CC)cc1. The van der Waals surface area contributed by atoms with E-state index in [0.29, 0.717) is 13.2 Å². The standard InChI is InChI=1S/C15H16INO2/c1-3-17-14(10-9-13(16)15(17)18)11-5-7-12(8-6-11)19-4-2/h5-10H,3-4H2,1-2H3. The van der Waals surface area contributed by atoms with Crippen molar-refractivity contribution in [3.8, 4) is 17.0 Å². The molecule has 0 amide bonds. The van der Waals surface area contributed by atoms with Gasteiger partial charge in [0.2, 0.25) is 0 Å². The summed E-state index contributed by atoms with van der Waals surface area (Å²) in [5.74, 6) is 0.849. The van der Waals surface area contributed by atoms with E-state index in [1.807, 2.05) is 50.2 Å². The summed E-state index contributed by atoms with van der Waals surface area (Å²) in [4.78, 5) is 12.1. The number of aromatic nitrogens is 1. The molecule has 0 aliphatic carbocycles. The Balaban J connectivity index is 2.47. The molecule has 4 heteroatoms. The molecule has 1 heterocycles. The number of rotatable bonds is 4. The van der Waals surface area contributed by atoms with E-state index in [2.05, 4.69) is 22.6 Å². The minimum Gasteiger partial charge on any atom is -0.494 e. The van der Waals surface area contributed by atoms with Crippen LogP contribution in [0.25, 0.3) is 11.3 Å². The molecule has 0 bridgehead atoms. The van der Waals surface area contributed by atoms with Crippen LogP contribution >= 0.6 is 22.6 Å². The molecule has 100 valence electrons. The van der Waals surface area contributed by atoms with Gasteiger partial charge in [0.05, 0.1) is 15.9 Å². The summed E-state index contributed by atoms with van der Waals surface area (Å²) in [6.45, 7) is 5.26. The molecule has 0 aliphatic heterocycles. The highest BCUT2D eigenvalue weighted by Gasteiger charge is 2.07. The molecule has 0 radical (unpaired) electrons. The fourth-order valence-corrected chi connectivity index (χ4v) is 2.48. The van der Waals surface area contributed by atoms with Crippen LogP contribution in [-0.2, 0) is 6.54 Å². The summed E-state index contributed by atoms with van der Waals surface area (Å²) < 4.78 is 7.96. The number of benzene rings is 1. The topological polar surface area (TPSA) is 31.2 Å². The lowest BCUT2D eigenvalue weighted by atomic mass is 10.1. The largest absolute Gasteiger partial charge is 0.494 e. The Morgan fingerprint density at radius 2 is 1.79 bits per heavy atom. The molecule has 3 nitrogen and oxygen atoms in total. The monoisotopic (exact) mass is 369 g/mol. The van der Waals surface area contributed by atoms with Crippen molar-refractivity contribution in [3.63, 3.8) is 0 Å². The Bertz CT molecular complexity index is 617. The van der Waals surface area contributed by atoms with Gasteiger partial charge in [-0.15, -0.1) is 0 Å². The Hall–Kier alpha value is -1.30. The zero-order chi connectivity index (χ0) is 13.8. The summed E-state index contributed by atoms with van der Waals surface area (Å²) in [7, 11) is 0. The Kier molecular flexibility index (Phi) is 4.63. The zero-order valence-corrected chi connectivity index (χ0v) is 13.2. The predicted octanol–water partition coefficient (Wildman–Crippen LogP) is 3.54. The second-order valence-corrected chi connectivity index (χ2v) is 5.24. The van der Waals surface area contributed by atoms with Crippen molar-refractivity contribution < 1.29 is 4.74 Å². The number of pyridine rings is 1. The molecule has 19 heavy (non-hydrogen) atoms. The van der Waals surface area contributed by atoms with Crippen LogP contribution in [0, 0.1) is 3.57 Å². The fourth-order valence-electron chi connectivity index (χ4n) is 2.01. The molecular formula is C15H16INO2. The van der Waals surface area contributed by atoms with Crippen LogP contribution in [0.1, 0.15) is 13.8 Å². The molecule has 0 N–H and O–H groups in total. The van der Waals surface area contributed by atoms with Crippen LogP contribution in [0.2, 0.25) is 0 Å². The lowest BCUT2D eigenvalue weighted by Crippen LogP contribution is -2.22. The molecule has 2 aromatic rings. The smallest absolute Gasteiger partial charge is 0.264 e. The molecule has 0 saturated heterocycles. The van der Waals surface area contributed by atoms with Gasteiger partial charge in [-0.25, -0.2) is 0 Å². The summed E-state index contributed by atoms with van der Waals surface area (Å²) >= 11 is 2.07. The van der Waals surface area contributed by atoms with E-state index < -0.39 is 0 Å². The van der Waals surface area contributed by atoms with E-state index in [4.69, 9.17) is 4.74 Å². The van der Waals surface area contributed by atoms with Crippen LogP contribution in [0.4, 0.5) is 0 Å². The highest BCUT2D eigenvalue weighted by Crippen LogP contribution is 2.22. The van der Waals surface area contributed by atoms with Gasteiger partial charge in [0.25, 0.3) is 5.56 Å². The maximum Gasteiger partial charge on any atom is 0.264 e. The number of ether oxygens (including phenoxy) is 1. The van der Waals surface area contributed by atoms with E-state index in [9.17, 15) is 4.79 Å². The van der Waals surface area contributed by atoms with Gasteiger partial charge in [0, 0.05) is 6.54 Å². The lowest BCUT2D eigenvalue weighted by molar-refractivity contribution is 0.340. The van der Waals surface area contributed by atoms with E-state index in [1.54, 1.807) is 4.57 Å². The van der Waals surface area contributed by atoms with Crippen molar-refractivity contribution in [1.29, 1.82) is 0 Å². The predicted molar refractivity (Wildman–Crippen MR) is 85.7 cm³/mol. The molecule has 0 spiro atoms. The molecule has 0 aliphatic rings. The van der Waals surface area contributed by atoms with Gasteiger partial charge in [-0.2, -0.15) is 0 Å². The van der Waals surface area contributed by atoms with Gasteiger partial charge in [-0.05, 0) is 78.4 Å². The van der Waals surface area contributed by atoms with Crippen molar-refractivity contribution in [1.82, 2.24) is 4.57 Å². The first-order valence-corrected chi connectivity index (χ1v) is 7.37. The van der Waals surface area contributed by atoms with Crippen molar-refractivity contribution in [3.05, 3.63) is 50.3 Å². The maximum absolute atomic E-state index is 12.1. The van der Waals surface area contributed by atoms with Gasteiger partial charge < -0.3 is 9.30 Å². The molecular weight excluding hydrogens is 353 g/mol. The fraction of sp³-hybridized carbons (Fsp3) is 0.267. The number of nitrogens with zero attached hydrogens (tertiary/aromatic N) is 1. The van der Waals surface area contributed by atoms with Crippen molar-refractivity contribution in [2.75, 3.05) is 6.61 Å². The molecule has 0 atom stereocenters. The third-order valence-corrected chi connectivity index (χ3v) is 3.73. The number of hydrogen-bond donors (Lipinski definition) is 0. The van der Waals surface area contributed by atoms with Crippen LogP contribution in [0.15, 0.2) is 41.2 Å². The maximum atomic E-state index is 12.1. The summed E-state index contributed by atoms with van der Waals surface area (Å²) in [5, 5.41) is 0. The van der Waals surface area contributed by atoms with Gasteiger partial charge in [0.15, 0.2) is 0 Å². The highest BCUT2D eigenvalue weighted by atomic mass is 127. The Morgan fingerprint density at radius 3 is 2.37 bits per heavy atom. The number of halogens is 1. The first-order valence-electron chi connectivity index (χ1n) is 6.30. The average molecular weight is 369 g/mol. The first-order chi connectivity index (χ1) is 9.17. The molecule has 0 unspecified atom stereocenters. The van der Waals surface area contributed by atoms with E-state index in [-0.39, 0.29) is 5.56 Å². The van der Waals surface area contributed by atoms with Gasteiger partial charge in [-0.1, -0.05) is 0 Å². The van der Waals surface area contributed by atoms with E-state index in [1.165, 1.54) is 0 Å². The Morgan fingerprint density at radius 1 is 1.11 bits per heavy atom. The second-order valence-electron chi connectivity index (χ2n) is 4.07. The quantitative estimate of drug-likeness (QED) is 0.772. The van der Waals surface area contributed by atoms with E-state index in [0.717, 1.165) is 20.6 Å². The van der Waals surface area contributed by atoms with Crippen LogP contribution in [-0.4, -0.2) is 11.2 Å². The third kappa shape index (κ3) is 3.00. The highest BCUT2D eigenvalue weighted by molar-refractivity contribution is 14.1. The van der Waals surface area contributed by atoms with Crippen LogP contribution in [0.5, 0.6) is 5.75 Å². The van der Waals surface area contributed by atoms with Crippen LogP contribution < -0.4 is 10.3 Å². The van der Waals surface area contributed by atoms with Gasteiger partial charge >= 0.3 is 0 Å². The average Bonchev–Trinajstić information content (AvgIpc) is 2.43. The zero-order valence-electron chi connectivity index (χ0n) is 11.0. The van der Waals surface area contributed by atoms with Gasteiger partial charge in [-0.3, -0.25) is 4.79 Å². The summed E-state index contributed by atoms with van der Waals surface area (Å²) in [6, 6.07) is 11.7. The second kappa shape index (κ2) is 6.23. The molecule has 0 saturated carbocycles. The van der Waals surface area contributed by atoms with E-state index >= 15 is 0 Å². The molecule has 1 aromatic carbocycles. The van der Waals surface area contributed by atoms with Crippen molar-refractivity contribution in [2.45, 2.75) is 20.4 Å². The first kappa shape index (κ1) is 14.1. The molecule has 1 aromatic heterocycles. The molecule has 0 fully saturated rings.